The predicted molar refractivity (Wildman–Crippen MR) is 143 cm³/mol. The van der Waals surface area contributed by atoms with Crippen LogP contribution < -0.4 is 4.90 Å². The second-order valence-corrected chi connectivity index (χ2v) is 9.70. The zero-order valence-electron chi connectivity index (χ0n) is 22.9. The lowest BCUT2D eigenvalue weighted by atomic mass is 9.85. The molecule has 3 aromatic rings. The molecule has 2 amide bonds. The van der Waals surface area contributed by atoms with Gasteiger partial charge in [0, 0.05) is 30.4 Å². The lowest BCUT2D eigenvalue weighted by Gasteiger charge is -2.41. The standard InChI is InChI=1S/C26H29F2N9O5/c1-3-41-25(39)42-17-33-15-30-34(16-33)13-26(40,22-9-4-19(27)12-23(22)28)18(2)35-10-11-36(24(35)38)20-5-7-21(8-6-20)37-14-29-31-32-37/h4-9,12,14-15,18,40H,3,10-11,13,16-17H2,1-2H3/t18-,26+/m1/s1. The van der Waals surface area contributed by atoms with Crippen molar-refractivity contribution < 1.29 is 33.0 Å². The van der Waals surface area contributed by atoms with Gasteiger partial charge in [0.05, 0.1) is 24.9 Å². The van der Waals surface area contributed by atoms with Gasteiger partial charge in [0.2, 0.25) is 0 Å². The van der Waals surface area contributed by atoms with Crippen LogP contribution in [0.3, 0.4) is 0 Å². The number of hydrogen-bond donors (Lipinski definition) is 1. The number of anilines is 1. The summed E-state index contributed by atoms with van der Waals surface area (Å²) in [5.41, 5.74) is -0.883. The first-order valence-corrected chi connectivity index (χ1v) is 13.1. The van der Waals surface area contributed by atoms with E-state index in [1.165, 1.54) is 38.2 Å². The van der Waals surface area contributed by atoms with E-state index in [4.69, 9.17) is 9.47 Å². The van der Waals surface area contributed by atoms with Gasteiger partial charge < -0.3 is 24.4 Å². The van der Waals surface area contributed by atoms with Gasteiger partial charge in [-0.25, -0.2) is 23.1 Å². The molecule has 5 rings (SSSR count). The average Bonchev–Trinajstić information content (AvgIpc) is 3.74. The van der Waals surface area contributed by atoms with Gasteiger partial charge in [-0.05, 0) is 54.6 Å². The highest BCUT2D eigenvalue weighted by Crippen LogP contribution is 2.35. The van der Waals surface area contributed by atoms with Crippen LogP contribution >= 0.6 is 0 Å². The van der Waals surface area contributed by atoms with E-state index < -0.39 is 35.5 Å². The lowest BCUT2D eigenvalue weighted by Crippen LogP contribution is -2.55. The maximum absolute atomic E-state index is 15.2. The fourth-order valence-electron chi connectivity index (χ4n) is 4.93. The number of β-amino-alcohol motifs (C(OH)–C–C–N with tert-alkyl or cyclic N) is 1. The number of tetrazole rings is 1. The Labute approximate surface area is 239 Å². The molecule has 2 aliphatic heterocycles. The van der Waals surface area contributed by atoms with E-state index in [0.717, 1.165) is 6.07 Å². The number of aromatic nitrogens is 4. The molecule has 3 heterocycles. The number of halogens is 2. The van der Waals surface area contributed by atoms with E-state index in [2.05, 4.69) is 20.6 Å². The molecule has 1 fully saturated rings. The molecule has 222 valence electrons. The van der Waals surface area contributed by atoms with Gasteiger partial charge in [0.1, 0.15) is 36.6 Å². The second-order valence-electron chi connectivity index (χ2n) is 9.70. The smallest absolute Gasteiger partial charge is 0.435 e. The molecule has 1 saturated heterocycles. The molecule has 16 heteroatoms. The van der Waals surface area contributed by atoms with Crippen LogP contribution in [0.25, 0.3) is 5.69 Å². The first kappa shape index (κ1) is 28.7. The van der Waals surface area contributed by atoms with Crippen LogP contribution in [0.1, 0.15) is 19.4 Å². The van der Waals surface area contributed by atoms with Gasteiger partial charge in [-0.3, -0.25) is 9.91 Å². The Balaban J connectivity index is 1.34. The number of amides is 2. The van der Waals surface area contributed by atoms with Crippen LogP contribution in [0.2, 0.25) is 0 Å². The molecule has 0 saturated carbocycles. The van der Waals surface area contributed by atoms with Crippen LogP contribution in [-0.2, 0) is 15.1 Å². The number of carbonyl (C=O) groups excluding carboxylic acids is 2. The quantitative estimate of drug-likeness (QED) is 0.352. The molecular formula is C26H29F2N9O5. The summed E-state index contributed by atoms with van der Waals surface area (Å²) in [6.07, 6.45) is 2.00. The topological polar surface area (TPSA) is 142 Å². The second kappa shape index (κ2) is 11.9. The number of hydrazone groups is 1. The number of ether oxygens (including phenoxy) is 2. The van der Waals surface area contributed by atoms with Gasteiger partial charge >= 0.3 is 12.2 Å². The van der Waals surface area contributed by atoms with E-state index in [0.29, 0.717) is 24.0 Å². The molecule has 2 aromatic carbocycles. The zero-order valence-corrected chi connectivity index (χ0v) is 22.9. The van der Waals surface area contributed by atoms with E-state index in [-0.39, 0.29) is 38.7 Å². The Morgan fingerprint density at radius 1 is 1.12 bits per heavy atom. The lowest BCUT2D eigenvalue weighted by molar-refractivity contribution is -0.0601. The number of carbonyl (C=O) groups is 2. The highest BCUT2D eigenvalue weighted by Gasteiger charge is 2.47. The third-order valence-electron chi connectivity index (χ3n) is 7.13. The fourth-order valence-corrected chi connectivity index (χ4v) is 4.93. The van der Waals surface area contributed by atoms with Crippen LogP contribution in [0.15, 0.2) is 53.9 Å². The Morgan fingerprint density at radius 2 is 1.88 bits per heavy atom. The summed E-state index contributed by atoms with van der Waals surface area (Å²) in [7, 11) is 0. The molecule has 2 atom stereocenters. The highest BCUT2D eigenvalue weighted by molar-refractivity contribution is 5.94. The highest BCUT2D eigenvalue weighted by atomic mass is 19.1. The van der Waals surface area contributed by atoms with Crippen molar-refractivity contribution in [1.82, 2.24) is 35.0 Å². The number of urea groups is 1. The summed E-state index contributed by atoms with van der Waals surface area (Å²) >= 11 is 0. The third-order valence-corrected chi connectivity index (χ3v) is 7.13. The summed E-state index contributed by atoms with van der Waals surface area (Å²) in [6.45, 7) is 3.63. The number of benzene rings is 2. The minimum absolute atomic E-state index is 0.0883. The maximum Gasteiger partial charge on any atom is 0.509 e. The number of nitrogens with zero attached hydrogens (tertiary/aromatic N) is 9. The first-order valence-electron chi connectivity index (χ1n) is 13.1. The van der Waals surface area contributed by atoms with Crippen molar-refractivity contribution in [3.63, 3.8) is 0 Å². The SMILES string of the molecule is CCOC(=O)OCN1C=NN(C[C@@](O)(c2ccc(F)cc2F)[C@@H](C)N2CCN(c3ccc(-n4cnnn4)cc3)C2=O)C1. The summed E-state index contributed by atoms with van der Waals surface area (Å²) in [6, 6.07) is 8.57. The molecular weight excluding hydrogens is 556 g/mol. The van der Waals surface area contributed by atoms with E-state index in [9.17, 15) is 19.1 Å². The molecule has 2 aliphatic rings. The predicted octanol–water partition coefficient (Wildman–Crippen LogP) is 2.11. The molecule has 0 radical (unpaired) electrons. The number of rotatable bonds is 10. The zero-order chi connectivity index (χ0) is 29.9. The monoisotopic (exact) mass is 585 g/mol. The summed E-state index contributed by atoms with van der Waals surface area (Å²) in [5.74, 6) is -1.77. The van der Waals surface area contributed by atoms with Crippen molar-refractivity contribution in [3.8, 4) is 5.69 Å². The Hall–Kier alpha value is -4.86. The van der Waals surface area contributed by atoms with Crippen LogP contribution in [0.4, 0.5) is 24.1 Å². The number of aliphatic hydroxyl groups is 1. The summed E-state index contributed by atoms with van der Waals surface area (Å²) < 4.78 is 40.2. The van der Waals surface area contributed by atoms with Crippen molar-refractivity contribution in [2.75, 3.05) is 44.5 Å². The maximum atomic E-state index is 15.2. The van der Waals surface area contributed by atoms with Crippen molar-refractivity contribution in [3.05, 3.63) is 66.0 Å². The van der Waals surface area contributed by atoms with E-state index in [1.54, 1.807) is 43.0 Å². The molecule has 42 heavy (non-hydrogen) atoms. The van der Waals surface area contributed by atoms with Crippen molar-refractivity contribution >= 4 is 24.2 Å². The third kappa shape index (κ3) is 5.79. The molecule has 1 aromatic heterocycles. The van der Waals surface area contributed by atoms with Gasteiger partial charge in [0.15, 0.2) is 6.73 Å². The summed E-state index contributed by atoms with van der Waals surface area (Å²) in [4.78, 5) is 29.7. The largest absolute Gasteiger partial charge is 0.509 e. The summed E-state index contributed by atoms with van der Waals surface area (Å²) in [5, 5.41) is 28.8. The van der Waals surface area contributed by atoms with E-state index in [1.807, 2.05) is 0 Å². The minimum Gasteiger partial charge on any atom is -0.435 e. The molecule has 0 spiro atoms. The first-order chi connectivity index (χ1) is 20.2. The van der Waals surface area contributed by atoms with Crippen molar-refractivity contribution in [1.29, 1.82) is 0 Å². The van der Waals surface area contributed by atoms with Gasteiger partial charge in [-0.2, -0.15) is 5.10 Å². The molecule has 14 nitrogen and oxygen atoms in total. The van der Waals surface area contributed by atoms with Crippen molar-refractivity contribution in [2.45, 2.75) is 25.5 Å². The van der Waals surface area contributed by atoms with Crippen LogP contribution in [-0.4, -0.2) is 104 Å². The minimum atomic E-state index is -2.01. The Bertz CT molecular complexity index is 1440. The Kier molecular flexibility index (Phi) is 8.15. The average molecular weight is 586 g/mol. The Morgan fingerprint density at radius 3 is 2.57 bits per heavy atom. The number of hydrogen-bond acceptors (Lipinski definition) is 11. The molecule has 0 aliphatic carbocycles. The van der Waals surface area contributed by atoms with Crippen LogP contribution in [0.5, 0.6) is 0 Å². The molecule has 0 unspecified atom stereocenters. The fraction of sp³-hybridized carbons (Fsp3) is 0.385. The van der Waals surface area contributed by atoms with Gasteiger partial charge in [-0.1, -0.05) is 6.07 Å². The van der Waals surface area contributed by atoms with Gasteiger partial charge in [0.25, 0.3) is 0 Å². The molecule has 0 bridgehead atoms. The normalized spacial score (nSPS) is 17.1. The van der Waals surface area contributed by atoms with E-state index >= 15 is 4.39 Å². The molecule has 1 N–H and O–H groups in total. The van der Waals surface area contributed by atoms with Gasteiger partial charge in [-0.15, -0.1) is 5.10 Å². The van der Waals surface area contributed by atoms with Crippen molar-refractivity contribution in [2.24, 2.45) is 5.10 Å². The van der Waals surface area contributed by atoms with Crippen LogP contribution in [0, 0.1) is 11.6 Å².